The zero-order valence-electron chi connectivity index (χ0n) is 20.0. The van der Waals surface area contributed by atoms with Crippen molar-refractivity contribution in [3.05, 3.63) is 114 Å². The molecule has 5 heteroatoms. The topological polar surface area (TPSA) is 15.7 Å². The van der Waals surface area contributed by atoms with Crippen LogP contribution in [0.1, 0.15) is 11.1 Å². The molecule has 0 radical (unpaired) electrons. The summed E-state index contributed by atoms with van der Waals surface area (Å²) in [6.07, 6.45) is 0. The summed E-state index contributed by atoms with van der Waals surface area (Å²) in [6, 6.07) is 36.3. The maximum atomic E-state index is 5.90. The number of rotatable bonds is 8. The van der Waals surface area contributed by atoms with E-state index in [-0.39, 0.29) is 0 Å². The smallest absolute Gasteiger partial charge is 0.138 e. The number of benzene rings is 4. The van der Waals surface area contributed by atoms with Gasteiger partial charge in [-0.1, -0.05) is 65.9 Å². The fourth-order valence-corrected chi connectivity index (χ4v) is 5.67. The largest absolute Gasteiger partial charge is 0.421 e. The number of aryl methyl sites for hydroxylation is 1. The molecule has 0 atom stereocenters. The number of piperazine rings is 1. The van der Waals surface area contributed by atoms with Gasteiger partial charge in [-0.3, -0.25) is 4.90 Å². The molecule has 0 amide bonds. The lowest BCUT2D eigenvalue weighted by molar-refractivity contribution is 0.248. The van der Waals surface area contributed by atoms with Crippen molar-refractivity contribution in [1.82, 2.24) is 4.90 Å². The molecule has 1 aliphatic rings. The van der Waals surface area contributed by atoms with Crippen LogP contribution in [0, 0.1) is 6.92 Å². The van der Waals surface area contributed by atoms with Gasteiger partial charge in [-0.05, 0) is 67.1 Å². The number of anilines is 1. The number of hydrogen-bond acceptors (Lipinski definition) is 5. The predicted molar refractivity (Wildman–Crippen MR) is 149 cm³/mol. The highest BCUT2D eigenvalue weighted by molar-refractivity contribution is 7.99. The van der Waals surface area contributed by atoms with Crippen LogP contribution in [0.5, 0.6) is 5.75 Å². The lowest BCUT2D eigenvalue weighted by Gasteiger charge is -2.36. The van der Waals surface area contributed by atoms with Crippen LogP contribution in [-0.2, 0) is 6.54 Å². The van der Waals surface area contributed by atoms with E-state index < -0.39 is 0 Å². The van der Waals surface area contributed by atoms with Gasteiger partial charge in [0.25, 0.3) is 0 Å². The van der Waals surface area contributed by atoms with Crippen LogP contribution < -0.4 is 9.08 Å². The first-order valence-electron chi connectivity index (χ1n) is 12.0. The molecule has 5 rings (SSSR count). The van der Waals surface area contributed by atoms with Gasteiger partial charge in [0, 0.05) is 53.1 Å². The molecule has 178 valence electrons. The van der Waals surface area contributed by atoms with Gasteiger partial charge < -0.3 is 9.08 Å². The quantitative estimate of drug-likeness (QED) is 0.232. The number of nitrogens with zero attached hydrogens (tertiary/aromatic N) is 2. The first-order valence-corrected chi connectivity index (χ1v) is 13.6. The molecule has 0 unspecified atom stereocenters. The van der Waals surface area contributed by atoms with Gasteiger partial charge in [0.15, 0.2) is 0 Å². The van der Waals surface area contributed by atoms with E-state index in [1.807, 2.05) is 11.8 Å². The summed E-state index contributed by atoms with van der Waals surface area (Å²) in [4.78, 5) is 8.78. The second kappa shape index (κ2) is 11.7. The van der Waals surface area contributed by atoms with Crippen LogP contribution >= 0.6 is 23.8 Å². The molecule has 0 N–H and O–H groups in total. The first-order chi connectivity index (χ1) is 17.2. The Kier molecular flexibility index (Phi) is 7.99. The van der Waals surface area contributed by atoms with Crippen LogP contribution in [0.2, 0.25) is 0 Å². The molecule has 35 heavy (non-hydrogen) atoms. The summed E-state index contributed by atoms with van der Waals surface area (Å²) in [6.45, 7) is 7.28. The predicted octanol–water partition coefficient (Wildman–Crippen LogP) is 7.55. The van der Waals surface area contributed by atoms with Crippen LogP contribution in [0.4, 0.5) is 5.69 Å². The van der Waals surface area contributed by atoms with Crippen LogP contribution in [-0.4, -0.2) is 31.1 Å². The third kappa shape index (κ3) is 6.63. The van der Waals surface area contributed by atoms with Crippen LogP contribution in [0.25, 0.3) is 0 Å². The van der Waals surface area contributed by atoms with Crippen molar-refractivity contribution in [1.29, 1.82) is 0 Å². The van der Waals surface area contributed by atoms with Gasteiger partial charge in [0.05, 0.1) is 12.0 Å². The van der Waals surface area contributed by atoms with E-state index in [0.29, 0.717) is 0 Å². The summed E-state index contributed by atoms with van der Waals surface area (Å²) in [5, 5.41) is 0. The molecule has 4 aromatic carbocycles. The zero-order chi connectivity index (χ0) is 23.9. The Labute approximate surface area is 217 Å². The minimum absolute atomic E-state index is 0.880. The van der Waals surface area contributed by atoms with Crippen molar-refractivity contribution < 1.29 is 4.18 Å². The normalized spacial score (nSPS) is 14.1. The lowest BCUT2D eigenvalue weighted by atomic mass is 10.2. The van der Waals surface area contributed by atoms with Gasteiger partial charge in [-0.2, -0.15) is 0 Å². The Morgan fingerprint density at radius 3 is 2.11 bits per heavy atom. The molecule has 1 saturated heterocycles. The van der Waals surface area contributed by atoms with E-state index in [1.54, 1.807) is 0 Å². The monoisotopic (exact) mass is 498 g/mol. The van der Waals surface area contributed by atoms with Crippen molar-refractivity contribution in [2.45, 2.75) is 28.2 Å². The van der Waals surface area contributed by atoms with Crippen LogP contribution in [0.15, 0.2) is 118 Å². The average Bonchev–Trinajstić information content (AvgIpc) is 2.91. The zero-order valence-corrected chi connectivity index (χ0v) is 21.6. The van der Waals surface area contributed by atoms with E-state index in [1.165, 1.54) is 38.6 Å². The lowest BCUT2D eigenvalue weighted by Crippen LogP contribution is -2.46. The Morgan fingerprint density at radius 1 is 0.686 bits per heavy atom. The molecule has 0 aliphatic carbocycles. The Morgan fingerprint density at radius 2 is 1.37 bits per heavy atom. The van der Waals surface area contributed by atoms with E-state index >= 15 is 0 Å². The molecule has 1 heterocycles. The van der Waals surface area contributed by atoms with E-state index in [4.69, 9.17) is 4.18 Å². The van der Waals surface area contributed by atoms with Crippen molar-refractivity contribution >= 4 is 29.5 Å². The van der Waals surface area contributed by atoms with Crippen molar-refractivity contribution in [3.8, 4) is 5.75 Å². The second-order valence-corrected chi connectivity index (χ2v) is 10.7. The Balaban J connectivity index is 1.13. The molecule has 0 saturated carbocycles. The summed E-state index contributed by atoms with van der Waals surface area (Å²) in [5.74, 6) is 0.880. The van der Waals surface area contributed by atoms with Gasteiger partial charge in [0.2, 0.25) is 0 Å². The molecular formula is C30H30N2OS2. The molecule has 0 bridgehead atoms. The molecule has 0 spiro atoms. The van der Waals surface area contributed by atoms with E-state index in [9.17, 15) is 0 Å². The molecule has 3 nitrogen and oxygen atoms in total. The molecule has 1 fully saturated rings. The van der Waals surface area contributed by atoms with Gasteiger partial charge in [-0.15, -0.1) is 0 Å². The highest BCUT2D eigenvalue weighted by Crippen LogP contribution is 2.31. The first kappa shape index (κ1) is 23.9. The summed E-state index contributed by atoms with van der Waals surface area (Å²) < 4.78 is 5.90. The SMILES string of the molecule is Cc1ccc(SOc2ccc(N3CCN(Cc4ccccc4Sc4ccccc4)CC3)cc2)cc1. The maximum Gasteiger partial charge on any atom is 0.138 e. The van der Waals surface area contributed by atoms with E-state index in [0.717, 1.165) is 43.4 Å². The fraction of sp³-hybridized carbons (Fsp3) is 0.200. The standard InChI is InChI=1S/C30H30N2OS2/c1-24-11-17-29(18-12-24)35-33-27-15-13-26(14-16-27)32-21-19-31(20-22-32)23-25-7-5-6-10-30(25)34-28-8-3-2-4-9-28/h2-18H,19-23H2,1H3. The Bertz CT molecular complexity index is 1210. The van der Waals surface area contributed by atoms with Gasteiger partial charge in [0.1, 0.15) is 5.75 Å². The highest BCUT2D eigenvalue weighted by Gasteiger charge is 2.18. The second-order valence-electron chi connectivity index (χ2n) is 8.76. The molecule has 4 aromatic rings. The summed E-state index contributed by atoms with van der Waals surface area (Å²) >= 11 is 3.26. The number of hydrogen-bond donors (Lipinski definition) is 0. The third-order valence-electron chi connectivity index (χ3n) is 6.17. The minimum Gasteiger partial charge on any atom is -0.421 e. The summed E-state index contributed by atoms with van der Waals surface area (Å²) in [7, 11) is 0. The molecule has 1 aliphatic heterocycles. The van der Waals surface area contributed by atoms with Gasteiger partial charge >= 0.3 is 0 Å². The molecule has 0 aromatic heterocycles. The minimum atomic E-state index is 0.880. The van der Waals surface area contributed by atoms with Crippen molar-refractivity contribution in [2.24, 2.45) is 0 Å². The van der Waals surface area contributed by atoms with Crippen LogP contribution in [0.3, 0.4) is 0 Å². The average molecular weight is 499 g/mol. The van der Waals surface area contributed by atoms with E-state index in [2.05, 4.69) is 120 Å². The fourth-order valence-electron chi connectivity index (χ4n) is 4.16. The van der Waals surface area contributed by atoms with Crippen molar-refractivity contribution in [3.63, 3.8) is 0 Å². The van der Waals surface area contributed by atoms with Gasteiger partial charge in [-0.25, -0.2) is 0 Å². The van der Waals surface area contributed by atoms with Crippen molar-refractivity contribution in [2.75, 3.05) is 31.1 Å². The Hall–Kier alpha value is -2.86. The maximum absolute atomic E-state index is 5.90. The third-order valence-corrected chi connectivity index (χ3v) is 8.03. The molecular weight excluding hydrogens is 468 g/mol. The highest BCUT2D eigenvalue weighted by atomic mass is 32.2. The summed E-state index contributed by atoms with van der Waals surface area (Å²) in [5.41, 5.74) is 3.92.